The highest BCUT2D eigenvalue weighted by atomic mass is 32.2. The molecule has 2 N–H and O–H groups in total. The number of hydrogen-bond donors (Lipinski definition) is 2. The van der Waals surface area contributed by atoms with Crippen molar-refractivity contribution in [3.8, 4) is 0 Å². The van der Waals surface area contributed by atoms with Crippen LogP contribution in [0.25, 0.3) is 0 Å². The average molecular weight is 233 g/mol. The van der Waals surface area contributed by atoms with Gasteiger partial charge in [-0.05, 0) is 37.3 Å². The van der Waals surface area contributed by atoms with E-state index in [2.05, 4.69) is 32.3 Å². The smallest absolute Gasteiger partial charge is 0.0499 e. The molecule has 0 aliphatic carbocycles. The van der Waals surface area contributed by atoms with Gasteiger partial charge < -0.3 is 10.4 Å². The molecule has 0 heterocycles. The van der Waals surface area contributed by atoms with Crippen LogP contribution in [0.3, 0.4) is 0 Å². The van der Waals surface area contributed by atoms with Crippen LogP contribution in [0.1, 0.15) is 33.6 Å². The molecule has 0 aliphatic heterocycles. The van der Waals surface area contributed by atoms with Gasteiger partial charge in [-0.1, -0.05) is 20.8 Å². The Morgan fingerprint density at radius 2 is 1.93 bits per heavy atom. The van der Waals surface area contributed by atoms with E-state index in [0.717, 1.165) is 25.9 Å². The summed E-state index contributed by atoms with van der Waals surface area (Å²) in [5, 5.41) is 12.9. The van der Waals surface area contributed by atoms with Crippen molar-refractivity contribution in [1.29, 1.82) is 0 Å². The van der Waals surface area contributed by atoms with Crippen molar-refractivity contribution in [3.63, 3.8) is 0 Å². The van der Waals surface area contributed by atoms with Crippen molar-refractivity contribution in [1.82, 2.24) is 5.32 Å². The van der Waals surface area contributed by atoms with Crippen LogP contribution >= 0.6 is 11.8 Å². The third-order valence-electron chi connectivity index (χ3n) is 3.28. The van der Waals surface area contributed by atoms with Crippen LogP contribution in [-0.4, -0.2) is 36.8 Å². The standard InChI is InChI=1S/C12H27NOS/c1-5-12(6-2,10-14)9-13-7-11(3)8-15-4/h11,13-14H,5-10H2,1-4H3. The van der Waals surface area contributed by atoms with Gasteiger partial charge in [-0.2, -0.15) is 11.8 Å². The number of hydrogen-bond acceptors (Lipinski definition) is 3. The van der Waals surface area contributed by atoms with Crippen LogP contribution in [-0.2, 0) is 0 Å². The van der Waals surface area contributed by atoms with E-state index in [4.69, 9.17) is 0 Å². The molecule has 0 radical (unpaired) electrons. The molecule has 1 unspecified atom stereocenters. The van der Waals surface area contributed by atoms with E-state index in [1.54, 1.807) is 0 Å². The second-order valence-corrected chi connectivity index (χ2v) is 5.47. The van der Waals surface area contributed by atoms with Crippen molar-refractivity contribution in [2.75, 3.05) is 31.7 Å². The molecule has 0 saturated heterocycles. The third-order valence-corrected chi connectivity index (χ3v) is 4.18. The molecule has 0 amide bonds. The van der Waals surface area contributed by atoms with E-state index in [1.165, 1.54) is 5.75 Å². The van der Waals surface area contributed by atoms with E-state index in [-0.39, 0.29) is 5.41 Å². The first-order chi connectivity index (χ1) is 7.14. The summed E-state index contributed by atoms with van der Waals surface area (Å²) in [5.41, 5.74) is 0.0963. The van der Waals surface area contributed by atoms with Gasteiger partial charge in [-0.25, -0.2) is 0 Å². The molecular formula is C12H27NOS. The lowest BCUT2D eigenvalue weighted by Gasteiger charge is -2.30. The number of aliphatic hydroxyl groups is 1. The highest BCUT2D eigenvalue weighted by Crippen LogP contribution is 2.24. The van der Waals surface area contributed by atoms with Crippen LogP contribution in [0.4, 0.5) is 0 Å². The number of aliphatic hydroxyl groups excluding tert-OH is 1. The summed E-state index contributed by atoms with van der Waals surface area (Å²) in [7, 11) is 0. The molecule has 0 fully saturated rings. The summed E-state index contributed by atoms with van der Waals surface area (Å²) in [6.07, 6.45) is 4.24. The molecule has 0 bridgehead atoms. The molecule has 0 aliphatic rings. The first kappa shape index (κ1) is 15.3. The molecule has 3 heteroatoms. The van der Waals surface area contributed by atoms with E-state index in [1.807, 2.05) is 11.8 Å². The molecule has 0 aromatic carbocycles. The van der Waals surface area contributed by atoms with Gasteiger partial charge >= 0.3 is 0 Å². The molecule has 15 heavy (non-hydrogen) atoms. The molecule has 1 atom stereocenters. The molecule has 92 valence electrons. The van der Waals surface area contributed by atoms with Crippen LogP contribution in [0, 0.1) is 11.3 Å². The maximum absolute atomic E-state index is 9.40. The maximum Gasteiger partial charge on any atom is 0.0499 e. The van der Waals surface area contributed by atoms with Gasteiger partial charge in [-0.3, -0.25) is 0 Å². The summed E-state index contributed by atoms with van der Waals surface area (Å²) in [4.78, 5) is 0. The highest BCUT2D eigenvalue weighted by Gasteiger charge is 2.24. The topological polar surface area (TPSA) is 32.3 Å². The van der Waals surface area contributed by atoms with Gasteiger partial charge in [0.25, 0.3) is 0 Å². The largest absolute Gasteiger partial charge is 0.396 e. The predicted octanol–water partition coefficient (Wildman–Crippen LogP) is 2.37. The minimum atomic E-state index is 0.0963. The second kappa shape index (κ2) is 8.43. The lowest BCUT2D eigenvalue weighted by atomic mass is 9.83. The number of nitrogens with one attached hydrogen (secondary N) is 1. The zero-order valence-corrected chi connectivity index (χ0v) is 11.5. The van der Waals surface area contributed by atoms with Gasteiger partial charge in [0.05, 0.1) is 0 Å². The molecule has 0 aromatic rings. The molecule has 0 rings (SSSR count). The Morgan fingerprint density at radius 3 is 2.33 bits per heavy atom. The van der Waals surface area contributed by atoms with Crippen molar-refractivity contribution < 1.29 is 5.11 Å². The SMILES string of the molecule is CCC(CC)(CO)CNCC(C)CSC. The first-order valence-corrected chi connectivity index (χ1v) is 7.34. The number of rotatable bonds is 9. The summed E-state index contributed by atoms with van der Waals surface area (Å²) in [5.74, 6) is 1.92. The Bertz CT molecular complexity index is 140. The van der Waals surface area contributed by atoms with E-state index < -0.39 is 0 Å². The van der Waals surface area contributed by atoms with Crippen molar-refractivity contribution in [3.05, 3.63) is 0 Å². The Morgan fingerprint density at radius 1 is 1.33 bits per heavy atom. The fraction of sp³-hybridized carbons (Fsp3) is 1.00. The minimum Gasteiger partial charge on any atom is -0.396 e. The van der Waals surface area contributed by atoms with Crippen LogP contribution in [0.5, 0.6) is 0 Å². The van der Waals surface area contributed by atoms with E-state index >= 15 is 0 Å². The molecule has 2 nitrogen and oxygen atoms in total. The van der Waals surface area contributed by atoms with Gasteiger partial charge in [0.2, 0.25) is 0 Å². The quantitative estimate of drug-likeness (QED) is 0.641. The van der Waals surface area contributed by atoms with Crippen molar-refractivity contribution >= 4 is 11.8 Å². The third kappa shape index (κ3) is 5.79. The fourth-order valence-corrected chi connectivity index (χ4v) is 2.39. The Hall–Kier alpha value is 0.270. The fourth-order valence-electron chi connectivity index (χ4n) is 1.71. The van der Waals surface area contributed by atoms with Crippen LogP contribution in [0.15, 0.2) is 0 Å². The maximum atomic E-state index is 9.40. The van der Waals surface area contributed by atoms with Crippen molar-refractivity contribution in [2.24, 2.45) is 11.3 Å². The Balaban J connectivity index is 3.80. The molecule has 0 aromatic heterocycles. The predicted molar refractivity (Wildman–Crippen MR) is 70.5 cm³/mol. The molecular weight excluding hydrogens is 206 g/mol. The second-order valence-electron chi connectivity index (χ2n) is 4.56. The molecule has 0 spiro atoms. The van der Waals surface area contributed by atoms with Gasteiger partial charge in [0, 0.05) is 18.6 Å². The lowest BCUT2D eigenvalue weighted by Crippen LogP contribution is -2.38. The first-order valence-electron chi connectivity index (χ1n) is 5.94. The van der Waals surface area contributed by atoms with Gasteiger partial charge in [-0.15, -0.1) is 0 Å². The van der Waals surface area contributed by atoms with Gasteiger partial charge in [0.15, 0.2) is 0 Å². The van der Waals surface area contributed by atoms with E-state index in [9.17, 15) is 5.11 Å². The summed E-state index contributed by atoms with van der Waals surface area (Å²) < 4.78 is 0. The summed E-state index contributed by atoms with van der Waals surface area (Å²) in [6, 6.07) is 0. The van der Waals surface area contributed by atoms with Gasteiger partial charge in [0.1, 0.15) is 0 Å². The molecule has 0 saturated carbocycles. The normalized spacial score (nSPS) is 14.2. The van der Waals surface area contributed by atoms with E-state index in [0.29, 0.717) is 12.5 Å². The zero-order chi connectivity index (χ0) is 11.7. The lowest BCUT2D eigenvalue weighted by molar-refractivity contribution is 0.112. The number of thioether (sulfide) groups is 1. The van der Waals surface area contributed by atoms with Crippen molar-refractivity contribution in [2.45, 2.75) is 33.6 Å². The average Bonchev–Trinajstić information content (AvgIpc) is 2.25. The Labute approximate surface area is 99.2 Å². The van der Waals surface area contributed by atoms with Crippen LogP contribution < -0.4 is 5.32 Å². The highest BCUT2D eigenvalue weighted by molar-refractivity contribution is 7.98. The Kier molecular flexibility index (Phi) is 8.58. The minimum absolute atomic E-state index is 0.0963. The zero-order valence-electron chi connectivity index (χ0n) is 10.7. The monoisotopic (exact) mass is 233 g/mol. The van der Waals surface area contributed by atoms with Crippen LogP contribution in [0.2, 0.25) is 0 Å². The summed E-state index contributed by atoms with van der Waals surface area (Å²) in [6.45, 7) is 8.88. The summed E-state index contributed by atoms with van der Waals surface area (Å²) >= 11 is 1.90.